The molecule has 0 amide bonds. The highest BCUT2D eigenvalue weighted by Crippen LogP contribution is 2.40. The first-order chi connectivity index (χ1) is 9.72. The van der Waals surface area contributed by atoms with E-state index in [-0.39, 0.29) is 0 Å². The first-order valence-electron chi connectivity index (χ1n) is 6.16. The number of carbonyl (C=O) groups excluding carboxylic acids is 1. The van der Waals surface area contributed by atoms with E-state index in [1.54, 1.807) is 18.2 Å². The molecule has 2 aromatic carbocycles. The summed E-state index contributed by atoms with van der Waals surface area (Å²) >= 11 is 5.75. The highest BCUT2D eigenvalue weighted by atomic mass is 35.5. The van der Waals surface area contributed by atoms with Crippen LogP contribution in [0.2, 0.25) is 0 Å². The molecule has 0 fully saturated rings. The van der Waals surface area contributed by atoms with E-state index in [4.69, 9.17) is 16.4 Å². The number of carbonyl (C=O) groups is 1. The molecular weight excluding hydrogens is 274 g/mol. The van der Waals surface area contributed by atoms with Crippen LogP contribution in [0.1, 0.15) is 11.1 Å². The Kier molecular flexibility index (Phi) is 3.30. The Balaban J connectivity index is 2.35. The number of para-hydroxylation sites is 2. The minimum atomic E-state index is -0.481. The average molecular weight is 286 g/mol. The number of nitrogens with zero attached hydrogens (tertiary/aromatic N) is 1. The van der Waals surface area contributed by atoms with E-state index in [1.165, 1.54) is 0 Å². The number of fused-ring (bicyclic) bond motifs is 2. The zero-order chi connectivity index (χ0) is 14.1. The maximum Gasteiger partial charge on any atom is 0.253 e. The maximum absolute atomic E-state index is 11.8. The van der Waals surface area contributed by atoms with Crippen molar-refractivity contribution in [1.82, 2.24) is 0 Å². The normalized spacial score (nSPS) is 13.1. The molecule has 4 heteroatoms. The van der Waals surface area contributed by atoms with Gasteiger partial charge in [0, 0.05) is 16.7 Å². The lowest BCUT2D eigenvalue weighted by Gasteiger charge is -2.23. The van der Waals surface area contributed by atoms with Gasteiger partial charge in [-0.05, 0) is 29.8 Å². The van der Waals surface area contributed by atoms with Crippen molar-refractivity contribution in [2.75, 3.05) is 12.2 Å². The number of anilines is 2. The molecule has 0 atom stereocenters. The van der Waals surface area contributed by atoms with Crippen LogP contribution in [0.5, 0.6) is 0 Å². The quantitative estimate of drug-likeness (QED) is 0.781. The van der Waals surface area contributed by atoms with Gasteiger partial charge in [-0.3, -0.25) is 9.63 Å². The van der Waals surface area contributed by atoms with Crippen LogP contribution >= 0.6 is 11.6 Å². The van der Waals surface area contributed by atoms with E-state index in [1.807, 2.05) is 48.5 Å². The van der Waals surface area contributed by atoms with E-state index >= 15 is 0 Å². The third kappa shape index (κ3) is 2.01. The van der Waals surface area contributed by atoms with E-state index in [9.17, 15) is 4.79 Å². The van der Waals surface area contributed by atoms with Gasteiger partial charge < -0.3 is 0 Å². The largest absolute Gasteiger partial charge is 0.276 e. The topological polar surface area (TPSA) is 29.5 Å². The number of benzene rings is 2. The predicted molar refractivity (Wildman–Crippen MR) is 80.8 cm³/mol. The van der Waals surface area contributed by atoms with Crippen molar-refractivity contribution in [3.8, 4) is 0 Å². The van der Waals surface area contributed by atoms with Crippen LogP contribution in [-0.4, -0.2) is 12.4 Å². The predicted octanol–water partition coefficient (Wildman–Crippen LogP) is 4.01. The lowest BCUT2D eigenvalue weighted by Crippen LogP contribution is -2.16. The molecule has 20 heavy (non-hydrogen) atoms. The van der Waals surface area contributed by atoms with E-state index in [0.717, 1.165) is 22.5 Å². The molecule has 0 aliphatic carbocycles. The summed E-state index contributed by atoms with van der Waals surface area (Å²) in [6, 6.07) is 15.2. The molecule has 0 bridgehead atoms. The van der Waals surface area contributed by atoms with E-state index < -0.39 is 5.24 Å². The van der Waals surface area contributed by atoms with Crippen LogP contribution in [0.25, 0.3) is 11.6 Å². The molecule has 0 unspecified atom stereocenters. The summed E-state index contributed by atoms with van der Waals surface area (Å²) in [5, 5.41) is 1.22. The Morgan fingerprint density at radius 1 is 1.05 bits per heavy atom. The molecule has 2 aromatic rings. The smallest absolute Gasteiger partial charge is 0.253 e. The molecule has 3 nitrogen and oxygen atoms in total. The number of rotatable bonds is 2. The Morgan fingerprint density at radius 3 is 2.40 bits per heavy atom. The minimum absolute atomic E-state index is 0.467. The van der Waals surface area contributed by atoms with Crippen LogP contribution in [0, 0.1) is 0 Å². The average Bonchev–Trinajstić information content (AvgIpc) is 2.61. The zero-order valence-electron chi connectivity index (χ0n) is 10.8. The van der Waals surface area contributed by atoms with Gasteiger partial charge in [0.2, 0.25) is 0 Å². The minimum Gasteiger partial charge on any atom is -0.276 e. The fourth-order valence-electron chi connectivity index (χ4n) is 2.40. The first-order valence-corrected chi connectivity index (χ1v) is 6.54. The molecule has 0 radical (unpaired) electrons. The summed E-state index contributed by atoms with van der Waals surface area (Å²) in [5.41, 5.74) is 3.77. The van der Waals surface area contributed by atoms with E-state index in [0.29, 0.717) is 5.57 Å². The van der Waals surface area contributed by atoms with Crippen molar-refractivity contribution >= 4 is 39.9 Å². The van der Waals surface area contributed by atoms with E-state index in [2.05, 4.69) is 0 Å². The highest BCUT2D eigenvalue weighted by molar-refractivity contribution is 6.75. The molecule has 0 spiro atoms. The molecule has 0 N–H and O–H groups in total. The van der Waals surface area contributed by atoms with Gasteiger partial charge in [0.05, 0.1) is 18.5 Å². The summed E-state index contributed by atoms with van der Waals surface area (Å²) in [6.07, 6.45) is 1.79. The molecular formula is C16H12ClNO2. The Morgan fingerprint density at radius 2 is 1.70 bits per heavy atom. The molecule has 0 saturated carbocycles. The summed E-state index contributed by atoms with van der Waals surface area (Å²) in [7, 11) is 1.60. The van der Waals surface area contributed by atoms with Gasteiger partial charge in [-0.2, -0.15) is 0 Å². The third-order valence-corrected chi connectivity index (χ3v) is 3.47. The van der Waals surface area contributed by atoms with Crippen molar-refractivity contribution in [2.45, 2.75) is 0 Å². The Bertz CT molecular complexity index is 709. The summed E-state index contributed by atoms with van der Waals surface area (Å²) in [5.74, 6) is 0. The second-order valence-electron chi connectivity index (χ2n) is 4.38. The first kappa shape index (κ1) is 12.9. The SMILES string of the molecule is CON1c2ccccc2C=C(C(=O)Cl)c2ccccc21. The second-order valence-corrected chi connectivity index (χ2v) is 4.73. The maximum atomic E-state index is 11.8. The Labute approximate surface area is 122 Å². The molecule has 1 aliphatic rings. The van der Waals surface area contributed by atoms with Crippen molar-refractivity contribution < 1.29 is 9.63 Å². The third-order valence-electron chi connectivity index (χ3n) is 3.26. The Hall–Kier alpha value is -2.10. The van der Waals surface area contributed by atoms with Gasteiger partial charge in [-0.25, -0.2) is 5.06 Å². The van der Waals surface area contributed by atoms with Gasteiger partial charge in [0.1, 0.15) is 0 Å². The zero-order valence-corrected chi connectivity index (χ0v) is 11.6. The summed E-state index contributed by atoms with van der Waals surface area (Å²) in [6.45, 7) is 0. The van der Waals surface area contributed by atoms with Gasteiger partial charge in [0.25, 0.3) is 5.24 Å². The van der Waals surface area contributed by atoms with Crippen LogP contribution in [-0.2, 0) is 9.63 Å². The van der Waals surface area contributed by atoms with Crippen LogP contribution in [0.4, 0.5) is 11.4 Å². The fourth-order valence-corrected chi connectivity index (χ4v) is 2.55. The molecule has 0 saturated heterocycles. The molecule has 3 rings (SSSR count). The number of hydrogen-bond acceptors (Lipinski definition) is 3. The molecule has 1 heterocycles. The van der Waals surface area contributed by atoms with Gasteiger partial charge in [-0.15, -0.1) is 0 Å². The molecule has 1 aliphatic heterocycles. The van der Waals surface area contributed by atoms with Crippen molar-refractivity contribution in [1.29, 1.82) is 0 Å². The number of allylic oxidation sites excluding steroid dienone is 1. The van der Waals surface area contributed by atoms with Crippen LogP contribution < -0.4 is 5.06 Å². The van der Waals surface area contributed by atoms with Crippen molar-refractivity contribution in [3.63, 3.8) is 0 Å². The number of hydrogen-bond donors (Lipinski definition) is 0. The number of halogens is 1. The summed E-state index contributed by atoms with van der Waals surface area (Å²) < 4.78 is 0. The van der Waals surface area contributed by atoms with Crippen LogP contribution in [0.15, 0.2) is 48.5 Å². The molecule has 100 valence electrons. The lowest BCUT2D eigenvalue weighted by atomic mass is 10.0. The van der Waals surface area contributed by atoms with Gasteiger partial charge >= 0.3 is 0 Å². The van der Waals surface area contributed by atoms with Crippen molar-refractivity contribution in [3.05, 3.63) is 59.7 Å². The second kappa shape index (κ2) is 5.12. The lowest BCUT2D eigenvalue weighted by molar-refractivity contribution is -0.106. The highest BCUT2D eigenvalue weighted by Gasteiger charge is 2.23. The van der Waals surface area contributed by atoms with Gasteiger partial charge in [-0.1, -0.05) is 36.4 Å². The fraction of sp³-hybridized carbons (Fsp3) is 0.0625. The molecule has 0 aromatic heterocycles. The van der Waals surface area contributed by atoms with Crippen LogP contribution in [0.3, 0.4) is 0 Å². The monoisotopic (exact) mass is 285 g/mol. The standard InChI is InChI=1S/C16H12ClNO2/c1-20-18-14-8-4-2-6-11(14)10-13(16(17)19)12-7-3-5-9-15(12)18/h2-10H,1H3. The summed E-state index contributed by atoms with van der Waals surface area (Å²) in [4.78, 5) is 17.3. The van der Waals surface area contributed by atoms with Gasteiger partial charge in [0.15, 0.2) is 0 Å². The van der Waals surface area contributed by atoms with Crippen molar-refractivity contribution in [2.24, 2.45) is 0 Å².